The topological polar surface area (TPSA) is 32.3 Å². The SMILES string of the molecule is Cc1cccc(N2CCN(c3cc(Cl)nnc3Cl)CC2)c1. The third-order valence-electron chi connectivity index (χ3n) is 3.69. The Morgan fingerprint density at radius 1 is 0.952 bits per heavy atom. The highest BCUT2D eigenvalue weighted by atomic mass is 35.5. The third kappa shape index (κ3) is 3.22. The molecule has 3 rings (SSSR count). The summed E-state index contributed by atoms with van der Waals surface area (Å²) in [5.41, 5.74) is 3.41. The van der Waals surface area contributed by atoms with Crippen LogP contribution >= 0.6 is 23.2 Å². The average molecular weight is 323 g/mol. The first kappa shape index (κ1) is 14.4. The zero-order chi connectivity index (χ0) is 14.8. The number of aromatic nitrogens is 2. The average Bonchev–Trinajstić information content (AvgIpc) is 2.50. The monoisotopic (exact) mass is 322 g/mol. The van der Waals surface area contributed by atoms with Crippen molar-refractivity contribution < 1.29 is 0 Å². The quantitative estimate of drug-likeness (QED) is 0.848. The fraction of sp³-hybridized carbons (Fsp3) is 0.333. The Morgan fingerprint density at radius 2 is 1.67 bits per heavy atom. The lowest BCUT2D eigenvalue weighted by Gasteiger charge is -2.37. The highest BCUT2D eigenvalue weighted by molar-refractivity contribution is 6.33. The molecule has 0 unspecified atom stereocenters. The van der Waals surface area contributed by atoms with E-state index in [9.17, 15) is 0 Å². The number of rotatable bonds is 2. The van der Waals surface area contributed by atoms with Crippen LogP contribution in [0.25, 0.3) is 0 Å². The smallest absolute Gasteiger partial charge is 0.175 e. The van der Waals surface area contributed by atoms with Gasteiger partial charge in [0, 0.05) is 37.9 Å². The van der Waals surface area contributed by atoms with Crippen molar-refractivity contribution in [1.29, 1.82) is 0 Å². The fourth-order valence-corrected chi connectivity index (χ4v) is 2.95. The van der Waals surface area contributed by atoms with Crippen LogP contribution < -0.4 is 9.80 Å². The van der Waals surface area contributed by atoms with Gasteiger partial charge in [-0.05, 0) is 24.6 Å². The summed E-state index contributed by atoms with van der Waals surface area (Å²) in [6.07, 6.45) is 0. The second kappa shape index (κ2) is 6.08. The maximum atomic E-state index is 6.12. The van der Waals surface area contributed by atoms with E-state index in [-0.39, 0.29) is 0 Å². The molecule has 0 saturated carbocycles. The largest absolute Gasteiger partial charge is 0.368 e. The highest BCUT2D eigenvalue weighted by Gasteiger charge is 2.20. The molecule has 0 N–H and O–H groups in total. The first-order valence-corrected chi connectivity index (χ1v) is 7.64. The van der Waals surface area contributed by atoms with Crippen molar-refractivity contribution in [2.75, 3.05) is 36.0 Å². The van der Waals surface area contributed by atoms with Crippen molar-refractivity contribution in [3.63, 3.8) is 0 Å². The third-order valence-corrected chi connectivity index (χ3v) is 4.14. The number of nitrogens with zero attached hydrogens (tertiary/aromatic N) is 4. The van der Waals surface area contributed by atoms with E-state index in [2.05, 4.69) is 51.2 Å². The summed E-state index contributed by atoms with van der Waals surface area (Å²) in [6, 6.07) is 10.4. The second-order valence-electron chi connectivity index (χ2n) is 5.16. The van der Waals surface area contributed by atoms with Crippen LogP contribution in [0.1, 0.15) is 5.56 Å². The molecule has 1 fully saturated rings. The summed E-state index contributed by atoms with van der Waals surface area (Å²) >= 11 is 12.0. The predicted octanol–water partition coefficient (Wildman–Crippen LogP) is 3.42. The van der Waals surface area contributed by atoms with Gasteiger partial charge in [0.1, 0.15) is 0 Å². The molecule has 0 radical (unpaired) electrons. The summed E-state index contributed by atoms with van der Waals surface area (Å²) in [7, 11) is 0. The molecule has 0 spiro atoms. The number of hydrogen-bond acceptors (Lipinski definition) is 4. The first-order valence-electron chi connectivity index (χ1n) is 6.89. The zero-order valence-corrected chi connectivity index (χ0v) is 13.3. The molecule has 0 aliphatic carbocycles. The van der Waals surface area contributed by atoms with Crippen molar-refractivity contribution in [2.24, 2.45) is 0 Å². The number of halogens is 2. The molecule has 1 aliphatic heterocycles. The Kier molecular flexibility index (Phi) is 4.17. The van der Waals surface area contributed by atoms with Gasteiger partial charge < -0.3 is 9.80 Å². The summed E-state index contributed by atoms with van der Waals surface area (Å²) < 4.78 is 0. The van der Waals surface area contributed by atoms with Gasteiger partial charge in [-0.2, -0.15) is 0 Å². The minimum absolute atomic E-state index is 0.371. The molecular weight excluding hydrogens is 307 g/mol. The Bertz CT molecular complexity index is 639. The molecule has 0 atom stereocenters. The van der Waals surface area contributed by atoms with E-state index >= 15 is 0 Å². The summed E-state index contributed by atoms with van der Waals surface area (Å²) in [5, 5.41) is 8.40. The summed E-state index contributed by atoms with van der Waals surface area (Å²) in [5.74, 6) is 0. The number of piperazine rings is 1. The lowest BCUT2D eigenvalue weighted by atomic mass is 10.2. The highest BCUT2D eigenvalue weighted by Crippen LogP contribution is 2.27. The molecule has 1 aromatic carbocycles. The van der Waals surface area contributed by atoms with Crippen molar-refractivity contribution >= 4 is 34.6 Å². The number of hydrogen-bond donors (Lipinski definition) is 0. The Morgan fingerprint density at radius 3 is 2.38 bits per heavy atom. The van der Waals surface area contributed by atoms with Gasteiger partial charge in [-0.25, -0.2) is 0 Å². The molecule has 6 heteroatoms. The minimum atomic E-state index is 0.371. The fourth-order valence-electron chi connectivity index (χ4n) is 2.60. The van der Waals surface area contributed by atoms with Crippen LogP contribution in [0.2, 0.25) is 10.3 Å². The molecular formula is C15H16Cl2N4. The maximum absolute atomic E-state index is 6.12. The second-order valence-corrected chi connectivity index (χ2v) is 5.90. The molecule has 0 bridgehead atoms. The van der Waals surface area contributed by atoms with Crippen molar-refractivity contribution in [3.05, 3.63) is 46.2 Å². The van der Waals surface area contributed by atoms with Gasteiger partial charge in [-0.1, -0.05) is 35.3 Å². The Labute approximate surface area is 134 Å². The van der Waals surface area contributed by atoms with Crippen LogP contribution in [0.4, 0.5) is 11.4 Å². The van der Waals surface area contributed by atoms with Crippen LogP contribution in [0.5, 0.6) is 0 Å². The summed E-state index contributed by atoms with van der Waals surface area (Å²) in [4.78, 5) is 4.59. The molecule has 4 nitrogen and oxygen atoms in total. The molecule has 1 aromatic heterocycles. The van der Waals surface area contributed by atoms with Crippen LogP contribution in [-0.2, 0) is 0 Å². The number of benzene rings is 1. The van der Waals surface area contributed by atoms with Crippen molar-refractivity contribution in [3.8, 4) is 0 Å². The van der Waals surface area contributed by atoms with Gasteiger partial charge >= 0.3 is 0 Å². The Hall–Kier alpha value is -1.52. The molecule has 0 amide bonds. The molecule has 21 heavy (non-hydrogen) atoms. The maximum Gasteiger partial charge on any atom is 0.175 e. The molecule has 2 heterocycles. The lowest BCUT2D eigenvalue weighted by Crippen LogP contribution is -2.46. The van der Waals surface area contributed by atoms with E-state index in [1.54, 1.807) is 6.07 Å². The van der Waals surface area contributed by atoms with E-state index < -0.39 is 0 Å². The molecule has 1 saturated heterocycles. The standard InChI is InChI=1S/C15H16Cl2N4/c1-11-3-2-4-12(9-11)20-5-7-21(8-6-20)13-10-14(16)18-19-15(13)17/h2-4,9-10H,5-8H2,1H3. The summed E-state index contributed by atoms with van der Waals surface area (Å²) in [6.45, 7) is 5.77. The van der Waals surface area contributed by atoms with Crippen LogP contribution in [-0.4, -0.2) is 36.4 Å². The van der Waals surface area contributed by atoms with Gasteiger partial charge in [-0.15, -0.1) is 10.2 Å². The van der Waals surface area contributed by atoms with Gasteiger partial charge in [0.2, 0.25) is 0 Å². The van der Waals surface area contributed by atoms with Gasteiger partial charge in [0.05, 0.1) is 5.69 Å². The van der Waals surface area contributed by atoms with E-state index in [0.29, 0.717) is 10.3 Å². The van der Waals surface area contributed by atoms with E-state index in [1.807, 2.05) is 0 Å². The van der Waals surface area contributed by atoms with E-state index in [0.717, 1.165) is 31.9 Å². The van der Waals surface area contributed by atoms with Crippen molar-refractivity contribution in [1.82, 2.24) is 10.2 Å². The zero-order valence-electron chi connectivity index (χ0n) is 11.8. The van der Waals surface area contributed by atoms with Gasteiger partial charge in [0.25, 0.3) is 0 Å². The number of anilines is 2. The van der Waals surface area contributed by atoms with E-state index in [4.69, 9.17) is 23.2 Å². The lowest BCUT2D eigenvalue weighted by molar-refractivity contribution is 0.652. The molecule has 1 aliphatic rings. The van der Waals surface area contributed by atoms with E-state index in [1.165, 1.54) is 11.3 Å². The van der Waals surface area contributed by atoms with Gasteiger partial charge in [0.15, 0.2) is 10.3 Å². The van der Waals surface area contributed by atoms with Gasteiger partial charge in [-0.3, -0.25) is 0 Å². The predicted molar refractivity (Wildman–Crippen MR) is 87.7 cm³/mol. The van der Waals surface area contributed by atoms with Crippen LogP contribution in [0.3, 0.4) is 0 Å². The first-order chi connectivity index (χ1) is 10.1. The van der Waals surface area contributed by atoms with Crippen LogP contribution in [0.15, 0.2) is 30.3 Å². The van der Waals surface area contributed by atoms with Crippen molar-refractivity contribution in [2.45, 2.75) is 6.92 Å². The molecule has 110 valence electrons. The minimum Gasteiger partial charge on any atom is -0.368 e. The Balaban J connectivity index is 1.72. The van der Waals surface area contributed by atoms with Crippen LogP contribution in [0, 0.1) is 6.92 Å². The normalized spacial score (nSPS) is 15.4. The molecule has 2 aromatic rings. The number of aryl methyl sites for hydroxylation is 1.